The van der Waals surface area contributed by atoms with Gasteiger partial charge < -0.3 is 4.57 Å². The maximum Gasteiger partial charge on any atom is 0.0951 e. The molecule has 0 spiro atoms. The Labute approximate surface area is 323 Å². The van der Waals surface area contributed by atoms with Gasteiger partial charge in [-0.3, -0.25) is 0 Å². The second-order valence-corrected chi connectivity index (χ2v) is 17.8. The van der Waals surface area contributed by atoms with E-state index in [1.165, 1.54) is 238 Å². The lowest BCUT2D eigenvalue weighted by molar-refractivity contribution is -0.0178. The molecule has 0 saturated carbocycles. The smallest absolute Gasteiger partial charge is 0.0951 e. The fourth-order valence-corrected chi connectivity index (χ4v) is 9.70. The van der Waals surface area contributed by atoms with Crippen molar-refractivity contribution in [2.24, 2.45) is 11.3 Å². The first-order valence-electron chi connectivity index (χ1n) is 24.0. The molecular formula is C49H96N2. The highest BCUT2D eigenvalue weighted by atomic mass is 15.1. The number of imidazole rings is 1. The molecule has 0 amide bonds. The molecule has 0 aromatic carbocycles. The minimum absolute atomic E-state index is 0.184. The third-order valence-electron chi connectivity index (χ3n) is 12.7. The van der Waals surface area contributed by atoms with Crippen molar-refractivity contribution in [1.29, 1.82) is 0 Å². The number of nitrogens with zero attached hydrogens (tertiary/aromatic N) is 2. The molecule has 2 nitrogen and oxygen atoms in total. The monoisotopic (exact) mass is 713 g/mol. The number of unbranched alkanes of at least 4 members (excludes halogenated alkanes) is 28. The highest BCUT2D eigenvalue weighted by molar-refractivity contribution is 5.05. The number of hydrogen-bond donors (Lipinski definition) is 0. The molecular weight excluding hydrogens is 617 g/mol. The third kappa shape index (κ3) is 22.2. The fourth-order valence-electron chi connectivity index (χ4n) is 9.70. The quantitative estimate of drug-likeness (QED) is 0.0619. The third-order valence-corrected chi connectivity index (χ3v) is 12.7. The number of hydrogen-bond acceptors (Lipinski definition) is 1. The van der Waals surface area contributed by atoms with Gasteiger partial charge in [-0.1, -0.05) is 247 Å². The predicted octanol–water partition coefficient (Wildman–Crippen LogP) is 17.7. The van der Waals surface area contributed by atoms with Crippen molar-refractivity contribution < 1.29 is 0 Å². The molecule has 0 bridgehead atoms. The molecule has 0 aliphatic heterocycles. The van der Waals surface area contributed by atoms with Gasteiger partial charge in [-0.05, 0) is 43.4 Å². The summed E-state index contributed by atoms with van der Waals surface area (Å²) in [6, 6.07) is 0. The Morgan fingerprint density at radius 3 is 0.980 bits per heavy atom. The van der Waals surface area contributed by atoms with E-state index in [0.29, 0.717) is 11.3 Å². The lowest BCUT2D eigenvalue weighted by Crippen LogP contribution is -2.51. The predicted molar refractivity (Wildman–Crippen MR) is 231 cm³/mol. The largest absolute Gasteiger partial charge is 0.331 e. The van der Waals surface area contributed by atoms with E-state index in [4.69, 9.17) is 4.98 Å². The summed E-state index contributed by atoms with van der Waals surface area (Å²) in [5, 5.41) is 0. The van der Waals surface area contributed by atoms with Crippen molar-refractivity contribution >= 4 is 0 Å². The first kappa shape index (κ1) is 48.2. The van der Waals surface area contributed by atoms with E-state index in [1.807, 2.05) is 0 Å². The van der Waals surface area contributed by atoms with Gasteiger partial charge in [0.05, 0.1) is 11.9 Å². The van der Waals surface area contributed by atoms with Gasteiger partial charge in [0.25, 0.3) is 0 Å². The van der Waals surface area contributed by atoms with Gasteiger partial charge in [0.2, 0.25) is 0 Å². The normalized spacial score (nSPS) is 13.4. The van der Waals surface area contributed by atoms with Gasteiger partial charge in [-0.2, -0.15) is 0 Å². The second kappa shape index (κ2) is 33.8. The van der Waals surface area contributed by atoms with Crippen LogP contribution in [-0.2, 0) is 5.54 Å². The van der Waals surface area contributed by atoms with Crippen LogP contribution in [0.3, 0.4) is 0 Å². The Balaban J connectivity index is 3.32. The van der Waals surface area contributed by atoms with E-state index in [9.17, 15) is 0 Å². The minimum atomic E-state index is 0.184. The Morgan fingerprint density at radius 1 is 0.412 bits per heavy atom. The molecule has 0 radical (unpaired) electrons. The molecule has 1 aromatic heterocycles. The Hall–Kier alpha value is -0.790. The zero-order chi connectivity index (χ0) is 37.1. The van der Waals surface area contributed by atoms with Gasteiger partial charge >= 0.3 is 0 Å². The van der Waals surface area contributed by atoms with Crippen LogP contribution in [0.15, 0.2) is 18.7 Å². The number of rotatable bonds is 40. The van der Waals surface area contributed by atoms with Crippen molar-refractivity contribution in [2.75, 3.05) is 0 Å². The molecule has 1 heterocycles. The van der Waals surface area contributed by atoms with Crippen LogP contribution in [0, 0.1) is 11.3 Å². The zero-order valence-corrected chi connectivity index (χ0v) is 36.4. The van der Waals surface area contributed by atoms with Gasteiger partial charge in [-0.25, -0.2) is 4.98 Å². The Bertz CT molecular complexity index is 762. The molecule has 0 unspecified atom stereocenters. The fraction of sp³-hybridized carbons (Fsp3) is 0.939. The maximum atomic E-state index is 4.79. The van der Waals surface area contributed by atoms with Gasteiger partial charge in [0.15, 0.2) is 0 Å². The molecule has 0 aliphatic carbocycles. The van der Waals surface area contributed by atoms with Crippen molar-refractivity contribution in [1.82, 2.24) is 9.55 Å². The first-order valence-corrected chi connectivity index (χ1v) is 24.0. The summed E-state index contributed by atoms with van der Waals surface area (Å²) in [5.74, 6) is 0.691. The Morgan fingerprint density at radius 2 is 0.706 bits per heavy atom. The van der Waals surface area contributed by atoms with Crippen LogP contribution in [0.2, 0.25) is 0 Å². The molecule has 0 saturated heterocycles. The summed E-state index contributed by atoms with van der Waals surface area (Å²) in [6.45, 7) is 14.4. The van der Waals surface area contributed by atoms with Crippen molar-refractivity contribution in [3.8, 4) is 0 Å². The van der Waals surface area contributed by atoms with Gasteiger partial charge in [0.1, 0.15) is 0 Å². The van der Waals surface area contributed by atoms with Crippen molar-refractivity contribution in [2.45, 2.75) is 285 Å². The molecule has 302 valence electrons. The second-order valence-electron chi connectivity index (χ2n) is 17.8. The molecule has 0 fully saturated rings. The van der Waals surface area contributed by atoms with E-state index in [-0.39, 0.29) is 5.54 Å². The maximum absolute atomic E-state index is 4.79. The van der Waals surface area contributed by atoms with E-state index in [0.717, 1.165) is 0 Å². The van der Waals surface area contributed by atoms with Crippen LogP contribution in [0.25, 0.3) is 0 Å². The molecule has 2 heteroatoms. The van der Waals surface area contributed by atoms with E-state index in [1.54, 1.807) is 0 Å². The van der Waals surface area contributed by atoms with Crippen LogP contribution in [-0.4, -0.2) is 9.55 Å². The van der Waals surface area contributed by atoms with Crippen molar-refractivity contribution in [3.63, 3.8) is 0 Å². The topological polar surface area (TPSA) is 17.8 Å². The van der Waals surface area contributed by atoms with E-state index >= 15 is 0 Å². The first-order chi connectivity index (χ1) is 25.0. The highest BCUT2D eigenvalue weighted by Crippen LogP contribution is 2.55. The molecule has 0 aliphatic rings. The lowest BCUT2D eigenvalue weighted by Gasteiger charge is -2.54. The molecule has 1 aromatic rings. The lowest BCUT2D eigenvalue weighted by atomic mass is 9.57. The summed E-state index contributed by atoms with van der Waals surface area (Å²) >= 11 is 0. The average molecular weight is 713 g/mol. The average Bonchev–Trinajstić information content (AvgIpc) is 3.67. The molecule has 1 rings (SSSR count). The summed E-state index contributed by atoms with van der Waals surface area (Å²) in [4.78, 5) is 4.79. The van der Waals surface area contributed by atoms with Crippen LogP contribution in [0.4, 0.5) is 0 Å². The standard InChI is InChI=1S/C49H96N2/c1-7-11-15-19-23-27-31-35-39-48(40-36-32-28-24-20-16-12-8-2,41-37-33-29-25-21-17-13-9-3)49(45-47(5)6,51-44-43-50-46-51)42-38-34-30-26-22-18-14-10-4/h43-44,46-47H,7-42,45H2,1-6H3/t49-/m0/s1. The van der Waals surface area contributed by atoms with E-state index < -0.39 is 0 Å². The highest BCUT2D eigenvalue weighted by Gasteiger charge is 2.50. The van der Waals surface area contributed by atoms with Crippen LogP contribution in [0.5, 0.6) is 0 Å². The van der Waals surface area contributed by atoms with Crippen LogP contribution < -0.4 is 0 Å². The summed E-state index contributed by atoms with van der Waals surface area (Å²) < 4.78 is 2.72. The summed E-state index contributed by atoms with van der Waals surface area (Å²) in [7, 11) is 0. The van der Waals surface area contributed by atoms with E-state index in [2.05, 4.69) is 64.8 Å². The van der Waals surface area contributed by atoms with Crippen LogP contribution >= 0.6 is 0 Å². The Kier molecular flexibility index (Phi) is 31.9. The van der Waals surface area contributed by atoms with Crippen molar-refractivity contribution in [3.05, 3.63) is 18.7 Å². The molecule has 1 atom stereocenters. The summed E-state index contributed by atoms with van der Waals surface area (Å²) in [6.07, 6.45) is 59.2. The minimum Gasteiger partial charge on any atom is -0.331 e. The molecule has 51 heavy (non-hydrogen) atoms. The summed E-state index contributed by atoms with van der Waals surface area (Å²) in [5.41, 5.74) is 0.551. The molecule has 0 N–H and O–H groups in total. The van der Waals surface area contributed by atoms with Gasteiger partial charge in [0, 0.05) is 12.4 Å². The van der Waals surface area contributed by atoms with Crippen LogP contribution in [0.1, 0.15) is 279 Å². The van der Waals surface area contributed by atoms with Gasteiger partial charge in [-0.15, -0.1) is 0 Å². The number of aromatic nitrogens is 2. The SMILES string of the molecule is CCCCCCCCCCC(CCCCCCCCCC)(CCCCCCCCCC)[C@](CCCCCCCCCC)(CC(C)C)n1ccnc1. The zero-order valence-electron chi connectivity index (χ0n) is 36.4.